The van der Waals surface area contributed by atoms with Crippen molar-refractivity contribution in [2.75, 3.05) is 6.54 Å². The largest absolute Gasteiger partial charge is 0.394 e. The molecule has 0 fully saturated rings. The third-order valence-corrected chi connectivity index (χ3v) is 1.35. The third kappa shape index (κ3) is 2.48. The molecule has 0 atom stereocenters. The van der Waals surface area contributed by atoms with Gasteiger partial charge in [-0.2, -0.15) is 13.2 Å². The number of aliphatic imine (C=N–C) groups is 1. The van der Waals surface area contributed by atoms with Gasteiger partial charge in [-0.15, -0.1) is 0 Å². The average Bonchev–Trinajstić information content (AvgIpc) is 2.32. The van der Waals surface area contributed by atoms with Crippen molar-refractivity contribution in [3.63, 3.8) is 0 Å². The Labute approximate surface area is 66.8 Å². The Kier molecular flexibility index (Phi) is 2.30. The van der Waals surface area contributed by atoms with Crippen LogP contribution >= 0.6 is 0 Å². The number of alkyl halides is 3. The first-order valence-electron chi connectivity index (χ1n) is 3.27. The number of rotatable bonds is 2. The summed E-state index contributed by atoms with van der Waals surface area (Å²) in [6.45, 7) is 0.0783. The molecule has 0 aromatic rings. The van der Waals surface area contributed by atoms with Crippen LogP contribution in [0.25, 0.3) is 0 Å². The van der Waals surface area contributed by atoms with Crippen molar-refractivity contribution >= 4 is 12.0 Å². The molecule has 1 aliphatic heterocycles. The minimum atomic E-state index is -4.24. The summed E-state index contributed by atoms with van der Waals surface area (Å²) < 4.78 is 35.2. The fraction of sp³-hybridized carbons (Fsp3) is 0.429. The Hall–Kier alpha value is -1.13. The van der Waals surface area contributed by atoms with E-state index in [0.29, 0.717) is 11.9 Å². The maximum absolute atomic E-state index is 11.7. The molecule has 1 heterocycles. The van der Waals surface area contributed by atoms with Crippen molar-refractivity contribution in [1.82, 2.24) is 0 Å². The van der Waals surface area contributed by atoms with Crippen LogP contribution in [0.5, 0.6) is 0 Å². The molecule has 0 spiro atoms. The maximum Gasteiger partial charge on any atom is 0.394 e. The lowest BCUT2D eigenvalue weighted by Crippen LogP contribution is -2.12. The molecule has 12 heavy (non-hydrogen) atoms. The molecule has 0 N–H and O–H groups in total. The first kappa shape index (κ1) is 8.96. The van der Waals surface area contributed by atoms with E-state index >= 15 is 0 Å². The number of hydrogen-bond donors (Lipinski definition) is 0. The van der Waals surface area contributed by atoms with Crippen LogP contribution in [0, 0.1) is 0 Å². The number of halogens is 3. The molecular formula is C7H6F3NO. The summed E-state index contributed by atoms with van der Waals surface area (Å²) in [7, 11) is 0. The normalized spacial score (nSPS) is 17.2. The van der Waals surface area contributed by atoms with Crippen molar-refractivity contribution in [2.45, 2.75) is 12.6 Å². The standard InChI is InChI=1S/C7H6F3NO/c8-7(9,10)2-6-1-5(4-12)3-11-6/h1,4H,2-3H2. The Bertz CT molecular complexity index is 252. The maximum atomic E-state index is 11.7. The van der Waals surface area contributed by atoms with Gasteiger partial charge in [-0.1, -0.05) is 0 Å². The summed E-state index contributed by atoms with van der Waals surface area (Å²) in [5, 5.41) is 0. The Morgan fingerprint density at radius 3 is 2.67 bits per heavy atom. The summed E-state index contributed by atoms with van der Waals surface area (Å²) in [6, 6.07) is 0. The van der Waals surface area contributed by atoms with E-state index in [1.807, 2.05) is 0 Å². The van der Waals surface area contributed by atoms with Crippen LogP contribution in [-0.4, -0.2) is 24.7 Å². The second-order valence-corrected chi connectivity index (χ2v) is 2.44. The lowest BCUT2D eigenvalue weighted by Gasteiger charge is -2.02. The first-order chi connectivity index (χ1) is 5.51. The van der Waals surface area contributed by atoms with Gasteiger partial charge in [0.1, 0.15) is 6.29 Å². The molecule has 0 aromatic heterocycles. The lowest BCUT2D eigenvalue weighted by molar-refractivity contribution is -0.121. The van der Waals surface area contributed by atoms with Gasteiger partial charge in [-0.3, -0.25) is 9.79 Å². The van der Waals surface area contributed by atoms with Crippen LogP contribution in [-0.2, 0) is 4.79 Å². The van der Waals surface area contributed by atoms with Crippen LogP contribution < -0.4 is 0 Å². The van der Waals surface area contributed by atoms with Crippen LogP contribution in [0.3, 0.4) is 0 Å². The number of hydrogen-bond acceptors (Lipinski definition) is 2. The lowest BCUT2D eigenvalue weighted by atomic mass is 10.2. The van der Waals surface area contributed by atoms with Gasteiger partial charge >= 0.3 is 6.18 Å². The van der Waals surface area contributed by atoms with Crippen molar-refractivity contribution in [1.29, 1.82) is 0 Å². The van der Waals surface area contributed by atoms with Crippen LogP contribution in [0.4, 0.5) is 13.2 Å². The van der Waals surface area contributed by atoms with Crippen molar-refractivity contribution in [3.8, 4) is 0 Å². The second kappa shape index (κ2) is 3.08. The topological polar surface area (TPSA) is 29.4 Å². The summed E-state index contributed by atoms with van der Waals surface area (Å²) in [5.74, 6) is 0. The molecule has 66 valence electrons. The zero-order chi connectivity index (χ0) is 9.19. The van der Waals surface area contributed by atoms with Gasteiger partial charge in [0.2, 0.25) is 0 Å². The number of carbonyl (C=O) groups is 1. The quantitative estimate of drug-likeness (QED) is 0.588. The average molecular weight is 177 g/mol. The summed E-state index contributed by atoms with van der Waals surface area (Å²) in [4.78, 5) is 13.6. The van der Waals surface area contributed by atoms with E-state index in [2.05, 4.69) is 4.99 Å². The molecule has 1 aliphatic rings. The van der Waals surface area contributed by atoms with Crippen LogP contribution in [0.15, 0.2) is 16.6 Å². The molecule has 0 aliphatic carbocycles. The van der Waals surface area contributed by atoms with E-state index in [-0.39, 0.29) is 12.3 Å². The van der Waals surface area contributed by atoms with Crippen LogP contribution in [0.2, 0.25) is 0 Å². The molecule has 0 amide bonds. The third-order valence-electron chi connectivity index (χ3n) is 1.35. The summed E-state index contributed by atoms with van der Waals surface area (Å²) in [6.07, 6.45) is -3.59. The predicted octanol–water partition coefficient (Wildman–Crippen LogP) is 1.52. The van der Waals surface area contributed by atoms with Crippen LogP contribution in [0.1, 0.15) is 6.42 Å². The molecular weight excluding hydrogens is 171 g/mol. The molecule has 2 nitrogen and oxygen atoms in total. The van der Waals surface area contributed by atoms with E-state index in [0.717, 1.165) is 0 Å². The van der Waals surface area contributed by atoms with E-state index in [1.54, 1.807) is 0 Å². The Morgan fingerprint density at radius 2 is 2.25 bits per heavy atom. The fourth-order valence-electron chi connectivity index (χ4n) is 0.882. The van der Waals surface area contributed by atoms with Crippen molar-refractivity contribution in [2.24, 2.45) is 4.99 Å². The predicted molar refractivity (Wildman–Crippen MR) is 37.1 cm³/mol. The zero-order valence-electron chi connectivity index (χ0n) is 6.06. The van der Waals surface area contributed by atoms with Gasteiger partial charge in [0.05, 0.1) is 13.0 Å². The monoisotopic (exact) mass is 177 g/mol. The highest BCUT2D eigenvalue weighted by Gasteiger charge is 2.30. The van der Waals surface area contributed by atoms with Gasteiger partial charge in [-0.25, -0.2) is 0 Å². The Balaban J connectivity index is 2.57. The van der Waals surface area contributed by atoms with Gasteiger partial charge in [0.15, 0.2) is 0 Å². The highest BCUT2D eigenvalue weighted by molar-refractivity contribution is 6.02. The van der Waals surface area contributed by atoms with Crippen molar-refractivity contribution in [3.05, 3.63) is 11.6 Å². The summed E-state index contributed by atoms with van der Waals surface area (Å²) >= 11 is 0. The first-order valence-corrected chi connectivity index (χ1v) is 3.27. The molecule has 0 bridgehead atoms. The van der Waals surface area contributed by atoms with Crippen molar-refractivity contribution < 1.29 is 18.0 Å². The molecule has 0 aromatic carbocycles. The number of allylic oxidation sites excluding steroid dienone is 1. The molecule has 5 heteroatoms. The zero-order valence-corrected chi connectivity index (χ0v) is 6.06. The Morgan fingerprint density at radius 1 is 1.58 bits per heavy atom. The minimum absolute atomic E-state index is 0.0652. The molecule has 0 radical (unpaired) electrons. The molecule has 0 unspecified atom stereocenters. The number of nitrogens with zero attached hydrogens (tertiary/aromatic N) is 1. The smallest absolute Gasteiger partial charge is 0.298 e. The highest BCUT2D eigenvalue weighted by Crippen LogP contribution is 2.22. The molecule has 0 saturated carbocycles. The summed E-state index contributed by atoms with van der Waals surface area (Å²) in [5.41, 5.74) is 0.235. The van der Waals surface area contributed by atoms with Gasteiger partial charge < -0.3 is 0 Å². The van der Waals surface area contributed by atoms with Gasteiger partial charge in [0, 0.05) is 11.3 Å². The van der Waals surface area contributed by atoms with E-state index < -0.39 is 12.6 Å². The van der Waals surface area contributed by atoms with E-state index in [4.69, 9.17) is 0 Å². The molecule has 0 saturated heterocycles. The number of carbonyl (C=O) groups excluding carboxylic acids is 1. The van der Waals surface area contributed by atoms with E-state index in [9.17, 15) is 18.0 Å². The van der Waals surface area contributed by atoms with Gasteiger partial charge in [0.25, 0.3) is 0 Å². The minimum Gasteiger partial charge on any atom is -0.298 e. The second-order valence-electron chi connectivity index (χ2n) is 2.44. The van der Waals surface area contributed by atoms with Gasteiger partial charge in [-0.05, 0) is 6.08 Å². The number of aldehydes is 1. The van der Waals surface area contributed by atoms with E-state index in [1.165, 1.54) is 6.08 Å². The SMILES string of the molecule is O=CC1=CC(CC(F)(F)F)=NC1. The molecule has 1 rings (SSSR count). The highest BCUT2D eigenvalue weighted by atomic mass is 19.4. The fourth-order valence-corrected chi connectivity index (χ4v) is 0.882.